The summed E-state index contributed by atoms with van der Waals surface area (Å²) in [6.45, 7) is 3.25. The average molecular weight is 309 g/mol. The minimum Gasteiger partial charge on any atom is -0.355 e. The van der Waals surface area contributed by atoms with Crippen molar-refractivity contribution < 1.29 is 4.79 Å². The fourth-order valence-corrected chi connectivity index (χ4v) is 2.43. The molecule has 4 heteroatoms. The molecular formula is C14H17BrN2O. The zero-order valence-corrected chi connectivity index (χ0v) is 12.0. The van der Waals surface area contributed by atoms with Gasteiger partial charge in [0.25, 0.3) is 0 Å². The van der Waals surface area contributed by atoms with Gasteiger partial charge in [-0.15, -0.1) is 0 Å². The summed E-state index contributed by atoms with van der Waals surface area (Å²) in [4.78, 5) is 11.8. The Labute approximate surface area is 115 Å². The van der Waals surface area contributed by atoms with E-state index in [4.69, 9.17) is 0 Å². The van der Waals surface area contributed by atoms with Gasteiger partial charge in [0.2, 0.25) is 5.91 Å². The van der Waals surface area contributed by atoms with Crippen molar-refractivity contribution in [2.24, 2.45) is 0 Å². The first kappa shape index (κ1) is 13.1. The van der Waals surface area contributed by atoms with Gasteiger partial charge in [-0.25, -0.2) is 0 Å². The fourth-order valence-electron chi connectivity index (χ4n) is 1.94. The summed E-state index contributed by atoms with van der Waals surface area (Å²) < 4.78 is 3.03. The molecule has 1 aromatic heterocycles. The molecule has 0 saturated carbocycles. The Morgan fingerprint density at radius 3 is 3.00 bits per heavy atom. The van der Waals surface area contributed by atoms with Crippen LogP contribution in [0.25, 0.3) is 10.9 Å². The van der Waals surface area contributed by atoms with E-state index in [9.17, 15) is 4.79 Å². The summed E-state index contributed by atoms with van der Waals surface area (Å²) in [7, 11) is 0. The molecule has 0 radical (unpaired) electrons. The van der Waals surface area contributed by atoms with Gasteiger partial charge in [-0.3, -0.25) is 4.79 Å². The molecule has 0 aliphatic carbocycles. The summed E-state index contributed by atoms with van der Waals surface area (Å²) in [5.74, 6) is 0.0703. The highest BCUT2D eigenvalue weighted by atomic mass is 79.9. The van der Waals surface area contributed by atoms with Crippen LogP contribution in [0, 0.1) is 0 Å². The van der Waals surface area contributed by atoms with Crippen molar-refractivity contribution in [2.75, 3.05) is 6.54 Å². The van der Waals surface area contributed by atoms with Crippen molar-refractivity contribution in [2.45, 2.75) is 26.3 Å². The Kier molecular flexibility index (Phi) is 4.42. The zero-order chi connectivity index (χ0) is 13.0. The molecule has 96 valence electrons. The van der Waals surface area contributed by atoms with Crippen LogP contribution in [0.1, 0.15) is 19.8 Å². The smallest absolute Gasteiger partial charge is 0.239 e. The molecule has 0 atom stereocenters. The van der Waals surface area contributed by atoms with Gasteiger partial charge in [-0.1, -0.05) is 35.3 Å². The van der Waals surface area contributed by atoms with Gasteiger partial charge in [-0.05, 0) is 24.6 Å². The van der Waals surface area contributed by atoms with Crippen molar-refractivity contribution in [1.82, 2.24) is 9.88 Å². The number of nitrogens with zero attached hydrogens (tertiary/aromatic N) is 1. The number of fused-ring (bicyclic) bond motifs is 1. The van der Waals surface area contributed by atoms with Gasteiger partial charge in [0, 0.05) is 28.1 Å². The molecule has 0 saturated heterocycles. The summed E-state index contributed by atoms with van der Waals surface area (Å²) in [6.07, 6.45) is 4.08. The molecule has 1 aromatic carbocycles. The molecule has 1 heterocycles. The maximum Gasteiger partial charge on any atom is 0.239 e. The largest absolute Gasteiger partial charge is 0.355 e. The van der Waals surface area contributed by atoms with E-state index in [0.717, 1.165) is 34.8 Å². The molecule has 2 aromatic rings. The number of amides is 1. The number of nitrogens with one attached hydrogen (secondary N) is 1. The SMILES string of the molecule is CCCCNC(=O)Cn1ccc2c(Br)cccc21. The lowest BCUT2D eigenvalue weighted by molar-refractivity contribution is -0.121. The highest BCUT2D eigenvalue weighted by molar-refractivity contribution is 9.10. The summed E-state index contributed by atoms with van der Waals surface area (Å²) in [5, 5.41) is 4.07. The molecule has 0 spiro atoms. The molecule has 18 heavy (non-hydrogen) atoms. The predicted molar refractivity (Wildman–Crippen MR) is 77.6 cm³/mol. The van der Waals surface area contributed by atoms with Gasteiger partial charge in [0.1, 0.15) is 6.54 Å². The van der Waals surface area contributed by atoms with E-state index < -0.39 is 0 Å². The highest BCUT2D eigenvalue weighted by Crippen LogP contribution is 2.24. The number of rotatable bonds is 5. The second-order valence-electron chi connectivity index (χ2n) is 4.32. The van der Waals surface area contributed by atoms with E-state index >= 15 is 0 Å². The van der Waals surface area contributed by atoms with Gasteiger partial charge in [0.15, 0.2) is 0 Å². The minimum absolute atomic E-state index is 0.0703. The Hall–Kier alpha value is -1.29. The van der Waals surface area contributed by atoms with Crippen molar-refractivity contribution in [3.05, 3.63) is 34.9 Å². The Bertz CT molecular complexity index is 548. The third kappa shape index (κ3) is 2.93. The van der Waals surface area contributed by atoms with Gasteiger partial charge >= 0.3 is 0 Å². The Morgan fingerprint density at radius 1 is 1.39 bits per heavy atom. The molecule has 0 bridgehead atoms. The van der Waals surface area contributed by atoms with Gasteiger partial charge in [-0.2, -0.15) is 0 Å². The predicted octanol–water partition coefficient (Wildman–Crippen LogP) is 3.32. The standard InChI is InChI=1S/C14H17BrN2O/c1-2-3-8-16-14(18)10-17-9-7-11-12(15)5-4-6-13(11)17/h4-7,9H,2-3,8,10H2,1H3,(H,16,18). The lowest BCUT2D eigenvalue weighted by Crippen LogP contribution is -2.28. The third-order valence-electron chi connectivity index (χ3n) is 2.93. The summed E-state index contributed by atoms with van der Waals surface area (Å²) in [5.41, 5.74) is 1.08. The number of carbonyl (C=O) groups excluding carboxylic acids is 1. The highest BCUT2D eigenvalue weighted by Gasteiger charge is 2.07. The quantitative estimate of drug-likeness (QED) is 0.845. The van der Waals surface area contributed by atoms with E-state index in [1.54, 1.807) is 0 Å². The molecular weight excluding hydrogens is 292 g/mol. The van der Waals surface area contributed by atoms with Crippen LogP contribution in [0.3, 0.4) is 0 Å². The van der Waals surface area contributed by atoms with E-state index in [1.807, 2.05) is 35.0 Å². The lowest BCUT2D eigenvalue weighted by atomic mass is 10.2. The molecule has 1 N–H and O–H groups in total. The van der Waals surface area contributed by atoms with Gasteiger partial charge < -0.3 is 9.88 Å². The van der Waals surface area contributed by atoms with Crippen LogP contribution in [0.15, 0.2) is 34.9 Å². The number of aromatic nitrogens is 1. The molecule has 3 nitrogen and oxygen atoms in total. The first-order valence-corrected chi connectivity index (χ1v) is 7.01. The number of hydrogen-bond donors (Lipinski definition) is 1. The second kappa shape index (κ2) is 6.05. The van der Waals surface area contributed by atoms with Crippen LogP contribution < -0.4 is 5.32 Å². The summed E-state index contributed by atoms with van der Waals surface area (Å²) in [6, 6.07) is 8.05. The first-order valence-electron chi connectivity index (χ1n) is 6.22. The normalized spacial score (nSPS) is 10.8. The van der Waals surface area contributed by atoms with E-state index in [1.165, 1.54) is 0 Å². The third-order valence-corrected chi connectivity index (χ3v) is 3.62. The van der Waals surface area contributed by atoms with Crippen LogP contribution >= 0.6 is 15.9 Å². The molecule has 0 aliphatic heterocycles. The maximum absolute atomic E-state index is 11.8. The van der Waals surface area contributed by atoms with Crippen LogP contribution in [-0.2, 0) is 11.3 Å². The monoisotopic (exact) mass is 308 g/mol. The molecule has 0 fully saturated rings. The number of unbranched alkanes of at least 4 members (excludes halogenated alkanes) is 1. The number of halogens is 1. The van der Waals surface area contributed by atoms with Crippen LogP contribution in [0.5, 0.6) is 0 Å². The van der Waals surface area contributed by atoms with Crippen LogP contribution in [0.2, 0.25) is 0 Å². The zero-order valence-electron chi connectivity index (χ0n) is 10.4. The number of hydrogen-bond acceptors (Lipinski definition) is 1. The van der Waals surface area contributed by atoms with Crippen molar-refractivity contribution in [3.63, 3.8) is 0 Å². The minimum atomic E-state index is 0.0703. The van der Waals surface area contributed by atoms with Crippen molar-refractivity contribution in [1.29, 1.82) is 0 Å². The lowest BCUT2D eigenvalue weighted by Gasteiger charge is -2.07. The van der Waals surface area contributed by atoms with Gasteiger partial charge in [0.05, 0.1) is 0 Å². The molecule has 1 amide bonds. The van der Waals surface area contributed by atoms with E-state index in [2.05, 4.69) is 28.2 Å². The fraction of sp³-hybridized carbons (Fsp3) is 0.357. The molecule has 2 rings (SSSR count). The number of carbonyl (C=O) groups is 1. The van der Waals surface area contributed by atoms with Crippen LogP contribution in [-0.4, -0.2) is 17.0 Å². The Balaban J connectivity index is 2.08. The average Bonchev–Trinajstić information content (AvgIpc) is 2.74. The Morgan fingerprint density at radius 2 is 2.22 bits per heavy atom. The summed E-state index contributed by atoms with van der Waals surface area (Å²) >= 11 is 3.51. The molecule has 0 aliphatic rings. The van der Waals surface area contributed by atoms with Crippen LogP contribution in [0.4, 0.5) is 0 Å². The maximum atomic E-state index is 11.8. The topological polar surface area (TPSA) is 34.0 Å². The molecule has 0 unspecified atom stereocenters. The van der Waals surface area contributed by atoms with E-state index in [0.29, 0.717) is 6.54 Å². The van der Waals surface area contributed by atoms with E-state index in [-0.39, 0.29) is 5.91 Å². The van der Waals surface area contributed by atoms with Crippen molar-refractivity contribution in [3.8, 4) is 0 Å². The van der Waals surface area contributed by atoms with Crippen molar-refractivity contribution >= 4 is 32.7 Å². The first-order chi connectivity index (χ1) is 8.72. The second-order valence-corrected chi connectivity index (χ2v) is 5.17. The number of benzene rings is 1.